The molecular formula is C9H14ClN. The summed E-state index contributed by atoms with van der Waals surface area (Å²) in [7, 11) is 0. The molecule has 0 aliphatic carbocycles. The van der Waals surface area contributed by atoms with Crippen LogP contribution in [0.5, 0.6) is 0 Å². The highest BCUT2D eigenvalue weighted by atomic mass is 35.5. The van der Waals surface area contributed by atoms with Crippen molar-refractivity contribution in [3.8, 4) is 0 Å². The van der Waals surface area contributed by atoms with Crippen LogP contribution in [0, 0.1) is 6.92 Å². The lowest BCUT2D eigenvalue weighted by molar-refractivity contribution is 0.817. The maximum atomic E-state index is 5.68. The van der Waals surface area contributed by atoms with Crippen molar-refractivity contribution in [3.63, 3.8) is 0 Å². The second-order valence-corrected chi connectivity index (χ2v) is 2.70. The van der Waals surface area contributed by atoms with Gasteiger partial charge >= 0.3 is 0 Å². The first kappa shape index (κ1) is 10.5. The minimum Gasteiger partial charge on any atom is -0.324 e. The van der Waals surface area contributed by atoms with E-state index in [1.165, 1.54) is 11.1 Å². The van der Waals surface area contributed by atoms with Gasteiger partial charge in [-0.2, -0.15) is 0 Å². The van der Waals surface area contributed by atoms with Crippen LogP contribution in [0.3, 0.4) is 0 Å². The zero-order valence-electron chi connectivity index (χ0n) is 6.87. The molecule has 1 nitrogen and oxygen atoms in total. The molecule has 0 unspecified atom stereocenters. The summed E-state index contributed by atoms with van der Waals surface area (Å²) >= 11 is 0. The van der Waals surface area contributed by atoms with Gasteiger partial charge in [-0.15, -0.1) is 12.4 Å². The van der Waals surface area contributed by atoms with Gasteiger partial charge in [0, 0.05) is 6.04 Å². The lowest BCUT2D eigenvalue weighted by Gasteiger charge is -2.04. The topological polar surface area (TPSA) is 26.0 Å². The molecule has 0 fully saturated rings. The maximum Gasteiger partial charge on any atom is 0.0266 e. The highest BCUT2D eigenvalue weighted by Gasteiger charge is 1.96. The average molecular weight is 172 g/mol. The van der Waals surface area contributed by atoms with Crippen molar-refractivity contribution in [2.24, 2.45) is 5.73 Å². The van der Waals surface area contributed by atoms with Crippen LogP contribution in [0.4, 0.5) is 0 Å². The van der Waals surface area contributed by atoms with Gasteiger partial charge in [-0.1, -0.05) is 29.8 Å². The number of nitrogens with two attached hydrogens (primary N) is 1. The van der Waals surface area contributed by atoms with Gasteiger partial charge < -0.3 is 5.73 Å². The summed E-state index contributed by atoms with van der Waals surface area (Å²) < 4.78 is 0. The zero-order chi connectivity index (χ0) is 7.56. The molecule has 11 heavy (non-hydrogen) atoms. The van der Waals surface area contributed by atoms with E-state index in [2.05, 4.69) is 25.1 Å². The number of aryl methyl sites for hydroxylation is 1. The van der Waals surface area contributed by atoms with Gasteiger partial charge in [0.1, 0.15) is 0 Å². The van der Waals surface area contributed by atoms with Crippen LogP contribution in [0.1, 0.15) is 24.1 Å². The van der Waals surface area contributed by atoms with Gasteiger partial charge in [-0.05, 0) is 19.4 Å². The fraction of sp³-hybridized carbons (Fsp3) is 0.333. The molecule has 2 heteroatoms. The van der Waals surface area contributed by atoms with Crippen LogP contribution < -0.4 is 5.73 Å². The first-order chi connectivity index (χ1) is 4.70. The largest absolute Gasteiger partial charge is 0.324 e. The fourth-order valence-corrected chi connectivity index (χ4v) is 0.953. The molecule has 2 N–H and O–H groups in total. The minimum absolute atomic E-state index is 0. The Balaban J connectivity index is 0.000001000. The summed E-state index contributed by atoms with van der Waals surface area (Å²) in [6.45, 7) is 4.07. The van der Waals surface area contributed by atoms with Crippen LogP contribution in [0.25, 0.3) is 0 Å². The summed E-state index contributed by atoms with van der Waals surface area (Å²) in [5, 5.41) is 0. The number of hydrogen-bond donors (Lipinski definition) is 1. The molecule has 0 aliphatic heterocycles. The minimum atomic E-state index is 0. The van der Waals surface area contributed by atoms with Crippen LogP contribution in [0.2, 0.25) is 0 Å². The van der Waals surface area contributed by atoms with Crippen LogP contribution in [-0.4, -0.2) is 0 Å². The molecule has 1 atom stereocenters. The number of benzene rings is 1. The Kier molecular flexibility index (Phi) is 4.16. The SMILES string of the molecule is Cc1cccc([C@@H](C)N)c1.Cl. The molecule has 0 aromatic heterocycles. The Morgan fingerprint density at radius 2 is 2.00 bits per heavy atom. The van der Waals surface area contributed by atoms with Gasteiger partial charge in [0.25, 0.3) is 0 Å². The van der Waals surface area contributed by atoms with E-state index in [0.29, 0.717) is 0 Å². The molecule has 0 bridgehead atoms. The lowest BCUT2D eigenvalue weighted by atomic mass is 10.1. The Bertz CT molecular complexity index is 221. The van der Waals surface area contributed by atoms with Crippen molar-refractivity contribution in [3.05, 3.63) is 35.4 Å². The molecular weight excluding hydrogens is 158 g/mol. The van der Waals surface area contributed by atoms with Crippen molar-refractivity contribution in [1.82, 2.24) is 0 Å². The third-order valence-corrected chi connectivity index (χ3v) is 1.57. The first-order valence-corrected chi connectivity index (χ1v) is 3.52. The molecule has 0 radical (unpaired) electrons. The summed E-state index contributed by atoms with van der Waals surface area (Å²) in [4.78, 5) is 0. The van der Waals surface area contributed by atoms with E-state index < -0.39 is 0 Å². The van der Waals surface area contributed by atoms with Gasteiger partial charge in [-0.3, -0.25) is 0 Å². The van der Waals surface area contributed by atoms with Crippen molar-refractivity contribution in [2.45, 2.75) is 19.9 Å². The van der Waals surface area contributed by atoms with Crippen molar-refractivity contribution < 1.29 is 0 Å². The van der Waals surface area contributed by atoms with Crippen LogP contribution in [0.15, 0.2) is 24.3 Å². The molecule has 0 aliphatic rings. The van der Waals surface area contributed by atoms with E-state index in [1.54, 1.807) is 0 Å². The Hall–Kier alpha value is -0.530. The van der Waals surface area contributed by atoms with Gasteiger partial charge in [0.15, 0.2) is 0 Å². The Morgan fingerprint density at radius 1 is 1.36 bits per heavy atom. The first-order valence-electron chi connectivity index (χ1n) is 3.52. The maximum absolute atomic E-state index is 5.68. The van der Waals surface area contributed by atoms with Gasteiger partial charge in [0.05, 0.1) is 0 Å². The van der Waals surface area contributed by atoms with E-state index in [4.69, 9.17) is 5.73 Å². The molecule has 1 aromatic carbocycles. The van der Waals surface area contributed by atoms with Gasteiger partial charge in [0.2, 0.25) is 0 Å². The van der Waals surface area contributed by atoms with Crippen LogP contribution in [-0.2, 0) is 0 Å². The third-order valence-electron chi connectivity index (χ3n) is 1.57. The number of halogens is 1. The second kappa shape index (κ2) is 4.37. The summed E-state index contributed by atoms with van der Waals surface area (Å²) in [6, 6.07) is 8.43. The van der Waals surface area contributed by atoms with Crippen molar-refractivity contribution in [2.75, 3.05) is 0 Å². The van der Waals surface area contributed by atoms with Crippen LogP contribution >= 0.6 is 12.4 Å². The normalized spacial score (nSPS) is 11.9. The molecule has 0 saturated heterocycles. The van der Waals surface area contributed by atoms with E-state index >= 15 is 0 Å². The highest BCUT2D eigenvalue weighted by Crippen LogP contribution is 2.10. The van der Waals surface area contributed by atoms with Gasteiger partial charge in [-0.25, -0.2) is 0 Å². The quantitative estimate of drug-likeness (QED) is 0.690. The summed E-state index contributed by atoms with van der Waals surface area (Å²) in [6.07, 6.45) is 0. The van der Waals surface area contributed by atoms with Crippen molar-refractivity contribution in [1.29, 1.82) is 0 Å². The molecule has 0 amide bonds. The molecule has 1 rings (SSSR count). The zero-order valence-corrected chi connectivity index (χ0v) is 7.69. The molecule has 0 spiro atoms. The summed E-state index contributed by atoms with van der Waals surface area (Å²) in [5.41, 5.74) is 8.16. The summed E-state index contributed by atoms with van der Waals surface area (Å²) in [5.74, 6) is 0. The monoisotopic (exact) mass is 171 g/mol. The molecule has 62 valence electrons. The highest BCUT2D eigenvalue weighted by molar-refractivity contribution is 5.85. The molecule has 0 heterocycles. The Morgan fingerprint density at radius 3 is 2.36 bits per heavy atom. The molecule has 1 aromatic rings. The predicted molar refractivity (Wildman–Crippen MR) is 51.0 cm³/mol. The van der Waals surface area contributed by atoms with E-state index in [1.807, 2.05) is 13.0 Å². The standard InChI is InChI=1S/C9H13N.ClH/c1-7-4-3-5-9(6-7)8(2)10;/h3-6,8H,10H2,1-2H3;1H/t8-;/m1./s1. The fourth-order valence-electron chi connectivity index (χ4n) is 0.953. The van der Waals surface area contributed by atoms with E-state index in [-0.39, 0.29) is 18.4 Å². The molecule has 0 saturated carbocycles. The predicted octanol–water partition coefficient (Wildman–Crippen LogP) is 2.44. The Labute approximate surface area is 74.0 Å². The number of rotatable bonds is 1. The van der Waals surface area contributed by atoms with E-state index in [9.17, 15) is 0 Å². The number of hydrogen-bond acceptors (Lipinski definition) is 1. The van der Waals surface area contributed by atoms with Crippen molar-refractivity contribution >= 4 is 12.4 Å². The third kappa shape index (κ3) is 2.91. The second-order valence-electron chi connectivity index (χ2n) is 2.70. The smallest absolute Gasteiger partial charge is 0.0266 e. The van der Waals surface area contributed by atoms with E-state index in [0.717, 1.165) is 0 Å². The average Bonchev–Trinajstić information content (AvgIpc) is 1.88. The lowest BCUT2D eigenvalue weighted by Crippen LogP contribution is -2.04.